The first-order valence-corrected chi connectivity index (χ1v) is 8.77. The number of piperazine rings is 1. The molecule has 1 aromatic rings. The van der Waals surface area contributed by atoms with Crippen molar-refractivity contribution in [2.24, 2.45) is 0 Å². The Hall–Kier alpha value is -2.68. The molecule has 0 aliphatic carbocycles. The molecule has 2 aliphatic rings. The average Bonchev–Trinajstić information content (AvgIpc) is 2.88. The first-order chi connectivity index (χ1) is 12.9. The number of amides is 4. The molecule has 146 valence electrons. The van der Waals surface area contributed by atoms with Gasteiger partial charge in [-0.2, -0.15) is 0 Å². The number of hydrogen-bond acceptors (Lipinski definition) is 5. The molecule has 0 saturated carbocycles. The molecule has 0 spiro atoms. The minimum atomic E-state index is -0.440. The van der Waals surface area contributed by atoms with Gasteiger partial charge >= 0.3 is 6.03 Å². The average molecular weight is 378 g/mol. The maximum absolute atomic E-state index is 13.5. The van der Waals surface area contributed by atoms with E-state index in [4.69, 9.17) is 4.74 Å². The topological polar surface area (TPSA) is 73.4 Å². The summed E-state index contributed by atoms with van der Waals surface area (Å²) in [5.74, 6) is -0.280. The number of ether oxygens (including phenoxy) is 1. The van der Waals surface area contributed by atoms with E-state index in [9.17, 15) is 18.8 Å². The Morgan fingerprint density at radius 3 is 2.48 bits per heavy atom. The van der Waals surface area contributed by atoms with Gasteiger partial charge < -0.3 is 14.5 Å². The van der Waals surface area contributed by atoms with Crippen LogP contribution in [0.15, 0.2) is 18.2 Å². The summed E-state index contributed by atoms with van der Waals surface area (Å²) in [5.41, 5.74) is 0.758. The maximum atomic E-state index is 13.5. The van der Waals surface area contributed by atoms with E-state index in [1.165, 1.54) is 24.1 Å². The lowest BCUT2D eigenvalue weighted by Crippen LogP contribution is -2.51. The molecule has 0 unspecified atom stereocenters. The summed E-state index contributed by atoms with van der Waals surface area (Å²) in [7, 11) is 3.08. The molecule has 9 heteroatoms. The van der Waals surface area contributed by atoms with E-state index in [-0.39, 0.29) is 30.7 Å². The molecule has 0 aromatic heterocycles. The van der Waals surface area contributed by atoms with Gasteiger partial charge in [-0.1, -0.05) is 0 Å². The van der Waals surface area contributed by atoms with Crippen molar-refractivity contribution in [1.82, 2.24) is 19.6 Å². The molecule has 4 amide bonds. The third kappa shape index (κ3) is 4.19. The van der Waals surface area contributed by atoms with Gasteiger partial charge in [0.05, 0.1) is 7.11 Å². The molecule has 8 nitrogen and oxygen atoms in total. The predicted molar refractivity (Wildman–Crippen MR) is 94.5 cm³/mol. The van der Waals surface area contributed by atoms with Gasteiger partial charge in [-0.15, -0.1) is 0 Å². The van der Waals surface area contributed by atoms with Crippen LogP contribution in [0.3, 0.4) is 0 Å². The fourth-order valence-electron chi connectivity index (χ4n) is 3.33. The Labute approximate surface area is 157 Å². The molecular formula is C18H23FN4O4. The summed E-state index contributed by atoms with van der Waals surface area (Å²) in [6.45, 7) is 2.53. The highest BCUT2D eigenvalue weighted by Crippen LogP contribution is 2.21. The van der Waals surface area contributed by atoms with E-state index in [1.54, 1.807) is 18.1 Å². The van der Waals surface area contributed by atoms with E-state index >= 15 is 0 Å². The van der Waals surface area contributed by atoms with Crippen molar-refractivity contribution in [3.05, 3.63) is 29.6 Å². The molecule has 0 bridgehead atoms. The van der Waals surface area contributed by atoms with E-state index in [2.05, 4.69) is 4.90 Å². The third-order valence-electron chi connectivity index (χ3n) is 4.89. The minimum absolute atomic E-state index is 0.00928. The van der Waals surface area contributed by atoms with Crippen molar-refractivity contribution in [2.75, 3.05) is 53.4 Å². The largest absolute Gasteiger partial charge is 0.496 e. The summed E-state index contributed by atoms with van der Waals surface area (Å²) >= 11 is 0. The molecule has 2 fully saturated rings. The Bertz CT molecular complexity index is 749. The maximum Gasteiger partial charge on any atom is 0.327 e. The molecule has 3 rings (SSSR count). The van der Waals surface area contributed by atoms with Crippen molar-refractivity contribution < 1.29 is 23.5 Å². The summed E-state index contributed by atoms with van der Waals surface area (Å²) < 4.78 is 18.8. The van der Waals surface area contributed by atoms with Gasteiger partial charge in [-0.05, 0) is 18.2 Å². The summed E-state index contributed by atoms with van der Waals surface area (Å²) in [6, 6.07) is 3.98. The smallest absolute Gasteiger partial charge is 0.327 e. The second kappa shape index (κ2) is 7.91. The number of hydrogen-bond donors (Lipinski definition) is 0. The molecule has 27 heavy (non-hydrogen) atoms. The monoisotopic (exact) mass is 378 g/mol. The van der Waals surface area contributed by atoms with Crippen LogP contribution in [0.2, 0.25) is 0 Å². The zero-order chi connectivity index (χ0) is 19.6. The molecule has 0 atom stereocenters. The zero-order valence-corrected chi connectivity index (χ0v) is 15.5. The molecular weight excluding hydrogens is 355 g/mol. The quantitative estimate of drug-likeness (QED) is 0.693. The van der Waals surface area contributed by atoms with Gasteiger partial charge in [0.2, 0.25) is 5.91 Å². The van der Waals surface area contributed by atoms with E-state index < -0.39 is 6.03 Å². The van der Waals surface area contributed by atoms with Gasteiger partial charge in [-0.25, -0.2) is 9.18 Å². The van der Waals surface area contributed by atoms with Crippen LogP contribution in [0, 0.1) is 5.82 Å². The molecule has 1 aromatic carbocycles. The van der Waals surface area contributed by atoms with Crippen molar-refractivity contribution >= 4 is 17.8 Å². The first kappa shape index (κ1) is 19.1. The lowest BCUT2D eigenvalue weighted by Gasteiger charge is -2.35. The highest BCUT2D eigenvalue weighted by atomic mass is 19.1. The first-order valence-electron chi connectivity index (χ1n) is 8.77. The third-order valence-corrected chi connectivity index (χ3v) is 4.89. The molecule has 2 heterocycles. The number of benzene rings is 1. The van der Waals surface area contributed by atoms with Crippen molar-refractivity contribution in [3.8, 4) is 5.75 Å². The van der Waals surface area contributed by atoms with Crippen LogP contribution in [-0.2, 0) is 16.1 Å². The highest BCUT2D eigenvalue weighted by Gasteiger charge is 2.36. The Kier molecular flexibility index (Phi) is 5.59. The number of carbonyl (C=O) groups is 3. The van der Waals surface area contributed by atoms with Crippen LogP contribution in [0.1, 0.15) is 5.56 Å². The second-order valence-corrected chi connectivity index (χ2v) is 6.73. The van der Waals surface area contributed by atoms with E-state index in [0.29, 0.717) is 38.5 Å². The fourth-order valence-corrected chi connectivity index (χ4v) is 3.33. The SMILES string of the molecule is COc1ccc(F)cc1CN1CCN(C(=O)CN2C(=O)CN(C)C2=O)CC1. The van der Waals surface area contributed by atoms with Crippen LogP contribution >= 0.6 is 0 Å². The standard InChI is InChI=1S/C18H23FN4O4/c1-20-11-17(25)23(18(20)26)12-16(24)22-7-5-21(6-8-22)10-13-9-14(19)3-4-15(13)27-2/h3-4,9H,5-8,10-12H2,1-2H3. The Balaban J connectivity index is 1.53. The number of halogens is 1. The predicted octanol–water partition coefficient (Wildman–Crippen LogP) is 0.373. The summed E-state index contributed by atoms with van der Waals surface area (Å²) in [5, 5.41) is 0. The number of imide groups is 1. The van der Waals surface area contributed by atoms with Crippen molar-refractivity contribution in [1.29, 1.82) is 0 Å². The van der Waals surface area contributed by atoms with Gasteiger partial charge in [0.1, 0.15) is 24.7 Å². The number of urea groups is 1. The lowest BCUT2D eigenvalue weighted by atomic mass is 10.1. The molecule has 2 aliphatic heterocycles. The van der Waals surface area contributed by atoms with E-state index in [1.807, 2.05) is 0 Å². The number of likely N-dealkylation sites (N-methyl/N-ethyl adjacent to an activating group) is 1. The fraction of sp³-hybridized carbons (Fsp3) is 0.500. The Morgan fingerprint density at radius 1 is 1.19 bits per heavy atom. The van der Waals surface area contributed by atoms with Crippen molar-refractivity contribution in [2.45, 2.75) is 6.54 Å². The van der Waals surface area contributed by atoms with Crippen LogP contribution in [-0.4, -0.2) is 90.9 Å². The van der Waals surface area contributed by atoms with Gasteiger partial charge in [0.15, 0.2) is 0 Å². The van der Waals surface area contributed by atoms with Gasteiger partial charge in [-0.3, -0.25) is 19.4 Å². The number of nitrogens with zero attached hydrogens (tertiary/aromatic N) is 4. The summed E-state index contributed by atoms with van der Waals surface area (Å²) in [6.07, 6.45) is 0. The van der Waals surface area contributed by atoms with Crippen LogP contribution in [0.5, 0.6) is 5.75 Å². The molecule has 2 saturated heterocycles. The Morgan fingerprint density at radius 2 is 1.89 bits per heavy atom. The van der Waals surface area contributed by atoms with Crippen LogP contribution < -0.4 is 4.74 Å². The molecule has 0 N–H and O–H groups in total. The number of carbonyl (C=O) groups excluding carboxylic acids is 3. The summed E-state index contributed by atoms with van der Waals surface area (Å²) in [4.78, 5) is 42.2. The highest BCUT2D eigenvalue weighted by molar-refractivity contribution is 6.04. The molecule has 0 radical (unpaired) electrons. The number of methoxy groups -OCH3 is 1. The van der Waals surface area contributed by atoms with Crippen molar-refractivity contribution in [3.63, 3.8) is 0 Å². The van der Waals surface area contributed by atoms with Gasteiger partial charge in [0, 0.05) is 45.3 Å². The number of rotatable bonds is 5. The normalized spacial score (nSPS) is 18.4. The van der Waals surface area contributed by atoms with Gasteiger partial charge in [0.25, 0.3) is 5.91 Å². The van der Waals surface area contributed by atoms with Crippen LogP contribution in [0.25, 0.3) is 0 Å². The lowest BCUT2D eigenvalue weighted by molar-refractivity contribution is -0.137. The second-order valence-electron chi connectivity index (χ2n) is 6.73. The van der Waals surface area contributed by atoms with Crippen LogP contribution in [0.4, 0.5) is 9.18 Å². The zero-order valence-electron chi connectivity index (χ0n) is 15.5. The van der Waals surface area contributed by atoms with E-state index in [0.717, 1.165) is 10.5 Å². The minimum Gasteiger partial charge on any atom is -0.496 e.